The van der Waals surface area contributed by atoms with Crippen molar-refractivity contribution in [2.24, 2.45) is 5.92 Å². The van der Waals surface area contributed by atoms with E-state index in [1.54, 1.807) is 0 Å². The summed E-state index contributed by atoms with van der Waals surface area (Å²) in [4.78, 5) is 0. The summed E-state index contributed by atoms with van der Waals surface area (Å²) in [5.41, 5.74) is 1.36. The van der Waals surface area contributed by atoms with E-state index in [1.165, 1.54) is 29.3 Å². The molecule has 2 unspecified atom stereocenters. The SMILES string of the molecule is OC1CCCCC1CCc1ccccc1Br. The van der Waals surface area contributed by atoms with Gasteiger partial charge in [0.2, 0.25) is 0 Å². The van der Waals surface area contributed by atoms with E-state index in [2.05, 4.69) is 34.1 Å². The van der Waals surface area contributed by atoms with E-state index in [0.717, 1.165) is 19.3 Å². The Labute approximate surface area is 106 Å². The lowest BCUT2D eigenvalue weighted by Gasteiger charge is -2.27. The Hall–Kier alpha value is -0.340. The van der Waals surface area contributed by atoms with E-state index in [9.17, 15) is 5.11 Å². The van der Waals surface area contributed by atoms with Crippen LogP contribution in [-0.4, -0.2) is 11.2 Å². The topological polar surface area (TPSA) is 20.2 Å². The van der Waals surface area contributed by atoms with Gasteiger partial charge in [-0.25, -0.2) is 0 Å². The molecule has 88 valence electrons. The molecule has 0 bridgehead atoms. The van der Waals surface area contributed by atoms with Crippen molar-refractivity contribution in [2.45, 2.75) is 44.6 Å². The highest BCUT2D eigenvalue weighted by Gasteiger charge is 2.22. The maximum Gasteiger partial charge on any atom is 0.0568 e. The first kappa shape index (κ1) is 12.1. The highest BCUT2D eigenvalue weighted by molar-refractivity contribution is 9.10. The number of benzene rings is 1. The minimum absolute atomic E-state index is 0.0590. The van der Waals surface area contributed by atoms with Gasteiger partial charge in [-0.05, 0) is 43.2 Å². The van der Waals surface area contributed by atoms with Crippen molar-refractivity contribution in [3.8, 4) is 0 Å². The molecule has 1 saturated carbocycles. The molecule has 1 aromatic carbocycles. The molecule has 1 aliphatic carbocycles. The second-order valence-electron chi connectivity index (χ2n) is 4.74. The van der Waals surface area contributed by atoms with E-state index >= 15 is 0 Å². The van der Waals surface area contributed by atoms with Gasteiger partial charge in [0, 0.05) is 4.47 Å². The zero-order valence-electron chi connectivity index (χ0n) is 9.53. The molecule has 1 nitrogen and oxygen atoms in total. The molecular formula is C14H19BrO. The van der Waals surface area contributed by atoms with Crippen LogP contribution in [0.3, 0.4) is 0 Å². The van der Waals surface area contributed by atoms with Gasteiger partial charge in [0.1, 0.15) is 0 Å². The summed E-state index contributed by atoms with van der Waals surface area (Å²) >= 11 is 3.57. The Bertz CT molecular complexity index is 337. The molecule has 1 aromatic rings. The normalized spacial score (nSPS) is 25.6. The molecule has 1 aliphatic rings. The van der Waals surface area contributed by atoms with E-state index in [1.807, 2.05) is 6.07 Å². The van der Waals surface area contributed by atoms with Crippen molar-refractivity contribution >= 4 is 15.9 Å². The maximum atomic E-state index is 9.90. The molecule has 0 radical (unpaired) electrons. The van der Waals surface area contributed by atoms with Gasteiger partial charge in [-0.2, -0.15) is 0 Å². The molecule has 16 heavy (non-hydrogen) atoms. The van der Waals surface area contributed by atoms with Crippen molar-refractivity contribution < 1.29 is 5.11 Å². The number of hydrogen-bond acceptors (Lipinski definition) is 1. The molecule has 2 atom stereocenters. The van der Waals surface area contributed by atoms with Gasteiger partial charge in [-0.1, -0.05) is 47.0 Å². The van der Waals surface area contributed by atoms with Crippen molar-refractivity contribution in [3.63, 3.8) is 0 Å². The van der Waals surface area contributed by atoms with Crippen molar-refractivity contribution in [1.29, 1.82) is 0 Å². The lowest BCUT2D eigenvalue weighted by molar-refractivity contribution is 0.0655. The Morgan fingerprint density at radius 2 is 1.94 bits per heavy atom. The predicted molar refractivity (Wildman–Crippen MR) is 70.4 cm³/mol. The average Bonchev–Trinajstić information content (AvgIpc) is 2.30. The van der Waals surface area contributed by atoms with Crippen LogP contribution in [0.15, 0.2) is 28.7 Å². The molecule has 2 rings (SSSR count). The van der Waals surface area contributed by atoms with Crippen LogP contribution >= 0.6 is 15.9 Å². The molecule has 1 N–H and O–H groups in total. The molecule has 1 fully saturated rings. The first-order valence-corrected chi connectivity index (χ1v) is 6.98. The molecular weight excluding hydrogens is 264 g/mol. The first-order chi connectivity index (χ1) is 7.77. The number of aryl methyl sites for hydroxylation is 1. The van der Waals surface area contributed by atoms with Crippen LogP contribution in [0.25, 0.3) is 0 Å². The number of aliphatic hydroxyl groups excluding tert-OH is 1. The third-order valence-electron chi connectivity index (χ3n) is 3.61. The lowest BCUT2D eigenvalue weighted by Crippen LogP contribution is -2.24. The monoisotopic (exact) mass is 282 g/mol. The van der Waals surface area contributed by atoms with Gasteiger partial charge in [-0.15, -0.1) is 0 Å². The summed E-state index contributed by atoms with van der Waals surface area (Å²) in [6.45, 7) is 0. The van der Waals surface area contributed by atoms with Gasteiger partial charge in [0.05, 0.1) is 6.10 Å². The predicted octanol–water partition coefficient (Wildman–Crippen LogP) is 3.93. The highest BCUT2D eigenvalue weighted by Crippen LogP contribution is 2.29. The van der Waals surface area contributed by atoms with Gasteiger partial charge >= 0.3 is 0 Å². The van der Waals surface area contributed by atoms with Gasteiger partial charge in [0.25, 0.3) is 0 Å². The number of hydrogen-bond donors (Lipinski definition) is 1. The number of rotatable bonds is 3. The summed E-state index contributed by atoms with van der Waals surface area (Å²) in [6, 6.07) is 8.38. The fourth-order valence-electron chi connectivity index (χ4n) is 2.57. The first-order valence-electron chi connectivity index (χ1n) is 6.19. The molecule has 0 aromatic heterocycles. The Morgan fingerprint density at radius 3 is 2.69 bits per heavy atom. The van der Waals surface area contributed by atoms with Crippen molar-refractivity contribution in [2.75, 3.05) is 0 Å². The quantitative estimate of drug-likeness (QED) is 0.891. The average molecular weight is 283 g/mol. The van der Waals surface area contributed by atoms with Gasteiger partial charge in [-0.3, -0.25) is 0 Å². The second kappa shape index (κ2) is 5.83. The minimum Gasteiger partial charge on any atom is -0.393 e. The molecule has 0 amide bonds. The molecule has 0 spiro atoms. The van der Waals surface area contributed by atoms with E-state index in [0.29, 0.717) is 5.92 Å². The fraction of sp³-hybridized carbons (Fsp3) is 0.571. The largest absolute Gasteiger partial charge is 0.393 e. The summed E-state index contributed by atoms with van der Waals surface area (Å²) in [5.74, 6) is 0.515. The number of aliphatic hydroxyl groups is 1. The van der Waals surface area contributed by atoms with Crippen LogP contribution in [0.4, 0.5) is 0 Å². The second-order valence-corrected chi connectivity index (χ2v) is 5.60. The van der Waals surface area contributed by atoms with Crippen LogP contribution < -0.4 is 0 Å². The Morgan fingerprint density at radius 1 is 1.19 bits per heavy atom. The zero-order valence-corrected chi connectivity index (χ0v) is 11.1. The third-order valence-corrected chi connectivity index (χ3v) is 4.38. The highest BCUT2D eigenvalue weighted by atomic mass is 79.9. The Kier molecular flexibility index (Phi) is 4.42. The fourth-order valence-corrected chi connectivity index (χ4v) is 3.05. The Balaban J connectivity index is 1.89. The van der Waals surface area contributed by atoms with Crippen LogP contribution in [0.1, 0.15) is 37.7 Å². The summed E-state index contributed by atoms with van der Waals surface area (Å²) in [5, 5.41) is 9.90. The van der Waals surface area contributed by atoms with Crippen LogP contribution in [0.2, 0.25) is 0 Å². The third kappa shape index (κ3) is 3.08. The summed E-state index contributed by atoms with van der Waals surface area (Å²) < 4.78 is 1.19. The van der Waals surface area contributed by atoms with Crippen LogP contribution in [0, 0.1) is 5.92 Å². The van der Waals surface area contributed by atoms with E-state index in [4.69, 9.17) is 0 Å². The molecule has 0 aliphatic heterocycles. The standard InChI is InChI=1S/C14H19BrO/c15-13-7-3-1-5-11(13)9-10-12-6-2-4-8-14(12)16/h1,3,5,7,12,14,16H,2,4,6,8-10H2. The van der Waals surface area contributed by atoms with Crippen molar-refractivity contribution in [3.05, 3.63) is 34.3 Å². The van der Waals surface area contributed by atoms with E-state index < -0.39 is 0 Å². The maximum absolute atomic E-state index is 9.90. The molecule has 0 saturated heterocycles. The van der Waals surface area contributed by atoms with Gasteiger partial charge < -0.3 is 5.11 Å². The number of halogens is 1. The van der Waals surface area contributed by atoms with Crippen LogP contribution in [-0.2, 0) is 6.42 Å². The van der Waals surface area contributed by atoms with Gasteiger partial charge in [0.15, 0.2) is 0 Å². The summed E-state index contributed by atoms with van der Waals surface area (Å²) in [7, 11) is 0. The molecule has 2 heteroatoms. The van der Waals surface area contributed by atoms with Crippen LogP contribution in [0.5, 0.6) is 0 Å². The molecule has 0 heterocycles. The van der Waals surface area contributed by atoms with Crippen molar-refractivity contribution in [1.82, 2.24) is 0 Å². The smallest absolute Gasteiger partial charge is 0.0568 e. The zero-order chi connectivity index (χ0) is 11.4. The summed E-state index contributed by atoms with van der Waals surface area (Å²) in [6.07, 6.45) is 6.82. The minimum atomic E-state index is -0.0590. The van der Waals surface area contributed by atoms with E-state index in [-0.39, 0.29) is 6.10 Å². The lowest BCUT2D eigenvalue weighted by atomic mass is 9.83.